The molecule has 12 heavy (non-hydrogen) atoms. The number of aldehydes is 1. The van der Waals surface area contributed by atoms with Crippen molar-refractivity contribution in [3.8, 4) is 11.8 Å². The Hall–Kier alpha value is -1.27. The fourth-order valence-electron chi connectivity index (χ4n) is 0.755. The average Bonchev–Trinajstić information content (AvgIpc) is 2.03. The molecule has 0 radical (unpaired) electrons. The first kappa shape index (κ1) is 8.82. The van der Waals surface area contributed by atoms with Gasteiger partial charge in [0.15, 0.2) is 6.29 Å². The molecule has 0 fully saturated rings. The van der Waals surface area contributed by atoms with Crippen LogP contribution in [0, 0.1) is 11.8 Å². The molecule has 0 aliphatic rings. The smallest absolute Gasteiger partial charge is 0.193 e. The predicted molar refractivity (Wildman–Crippen MR) is 51.5 cm³/mol. The van der Waals surface area contributed by atoms with E-state index in [0.717, 1.165) is 4.47 Å². The van der Waals surface area contributed by atoms with Crippen molar-refractivity contribution in [3.05, 3.63) is 28.2 Å². The van der Waals surface area contributed by atoms with Gasteiger partial charge in [-0.1, -0.05) is 21.9 Å². The molecule has 2 N–H and O–H groups in total. The summed E-state index contributed by atoms with van der Waals surface area (Å²) in [4.78, 5) is 9.93. The lowest BCUT2D eigenvalue weighted by Crippen LogP contribution is -1.89. The summed E-state index contributed by atoms with van der Waals surface area (Å²) in [5, 5.41) is 0. The van der Waals surface area contributed by atoms with Gasteiger partial charge in [0.1, 0.15) is 0 Å². The zero-order chi connectivity index (χ0) is 8.97. The lowest BCUT2D eigenvalue weighted by Gasteiger charge is -1.97. The van der Waals surface area contributed by atoms with Gasteiger partial charge in [0.05, 0.1) is 0 Å². The second-order valence-electron chi connectivity index (χ2n) is 2.12. The van der Waals surface area contributed by atoms with Crippen LogP contribution in [0.1, 0.15) is 5.56 Å². The number of anilines is 1. The van der Waals surface area contributed by atoms with Crippen LogP contribution < -0.4 is 5.73 Å². The van der Waals surface area contributed by atoms with Crippen molar-refractivity contribution in [1.82, 2.24) is 0 Å². The Balaban J connectivity index is 3.09. The minimum Gasteiger partial charge on any atom is -0.398 e. The van der Waals surface area contributed by atoms with Crippen molar-refractivity contribution >= 4 is 27.9 Å². The van der Waals surface area contributed by atoms with E-state index in [1.165, 1.54) is 0 Å². The minimum atomic E-state index is 0.543. The molecule has 0 saturated heterocycles. The third-order valence-electron chi connectivity index (χ3n) is 1.28. The molecule has 0 unspecified atom stereocenters. The highest BCUT2D eigenvalue weighted by molar-refractivity contribution is 9.10. The third kappa shape index (κ3) is 2.11. The van der Waals surface area contributed by atoms with Crippen LogP contribution in [0.2, 0.25) is 0 Å². The summed E-state index contributed by atoms with van der Waals surface area (Å²) in [5.41, 5.74) is 6.85. The normalized spacial score (nSPS) is 8.42. The number of hydrogen-bond acceptors (Lipinski definition) is 2. The van der Waals surface area contributed by atoms with Crippen molar-refractivity contribution in [2.24, 2.45) is 0 Å². The summed E-state index contributed by atoms with van der Waals surface area (Å²) in [7, 11) is 0. The van der Waals surface area contributed by atoms with Gasteiger partial charge in [-0.15, -0.1) is 0 Å². The molecule has 0 bridgehead atoms. The fraction of sp³-hybridized carbons (Fsp3) is 0. The highest BCUT2D eigenvalue weighted by Gasteiger charge is 1.94. The molecule has 0 amide bonds. The van der Waals surface area contributed by atoms with Crippen LogP contribution in [0.25, 0.3) is 0 Å². The molecule has 0 saturated carbocycles. The van der Waals surface area contributed by atoms with Crippen LogP contribution in [0.5, 0.6) is 0 Å². The van der Waals surface area contributed by atoms with Crippen LogP contribution in [-0.4, -0.2) is 6.29 Å². The van der Waals surface area contributed by atoms with Crippen LogP contribution in [0.4, 0.5) is 5.69 Å². The average molecular weight is 224 g/mol. The molecule has 60 valence electrons. The molecule has 0 atom stereocenters. The highest BCUT2D eigenvalue weighted by Crippen LogP contribution is 2.17. The van der Waals surface area contributed by atoms with Crippen LogP contribution in [0.3, 0.4) is 0 Å². The van der Waals surface area contributed by atoms with E-state index < -0.39 is 0 Å². The summed E-state index contributed by atoms with van der Waals surface area (Å²) >= 11 is 3.27. The number of benzene rings is 1. The van der Waals surface area contributed by atoms with Gasteiger partial charge in [-0.05, 0) is 24.1 Å². The standard InChI is InChI=1S/C9H6BrNO/c10-8-4-3-7(2-1-5-12)9(11)6-8/h3-6H,11H2. The van der Waals surface area contributed by atoms with Crippen LogP contribution >= 0.6 is 15.9 Å². The summed E-state index contributed by atoms with van der Waals surface area (Å²) in [6, 6.07) is 5.33. The zero-order valence-corrected chi connectivity index (χ0v) is 7.76. The van der Waals surface area contributed by atoms with E-state index in [1.54, 1.807) is 12.1 Å². The lowest BCUT2D eigenvalue weighted by molar-refractivity contribution is -0.103. The molecule has 0 spiro atoms. The molecule has 0 aliphatic heterocycles. The molecular weight excluding hydrogens is 218 g/mol. The Morgan fingerprint density at radius 3 is 2.83 bits per heavy atom. The van der Waals surface area contributed by atoms with Crippen molar-refractivity contribution in [1.29, 1.82) is 0 Å². The summed E-state index contributed by atoms with van der Waals surface area (Å²) in [6.45, 7) is 0. The molecule has 0 aliphatic carbocycles. The van der Waals surface area contributed by atoms with Crippen molar-refractivity contribution in [3.63, 3.8) is 0 Å². The SMILES string of the molecule is Nc1cc(Br)ccc1C#CC=O. The van der Waals surface area contributed by atoms with Crippen LogP contribution in [0.15, 0.2) is 22.7 Å². The van der Waals surface area contributed by atoms with E-state index in [1.807, 2.05) is 6.07 Å². The number of carbonyl (C=O) groups excluding carboxylic acids is 1. The maximum absolute atomic E-state index is 9.93. The Bertz CT molecular complexity index is 363. The number of nitrogen functional groups attached to an aromatic ring is 1. The maximum Gasteiger partial charge on any atom is 0.193 e. The number of rotatable bonds is 0. The Morgan fingerprint density at radius 1 is 1.50 bits per heavy atom. The lowest BCUT2D eigenvalue weighted by atomic mass is 10.2. The molecule has 1 aromatic rings. The number of nitrogens with two attached hydrogens (primary N) is 1. The topological polar surface area (TPSA) is 43.1 Å². The molecule has 0 aromatic heterocycles. The first-order chi connectivity index (χ1) is 5.74. The Kier molecular flexibility index (Phi) is 2.89. The van der Waals surface area contributed by atoms with Crippen LogP contribution in [-0.2, 0) is 4.79 Å². The summed E-state index contributed by atoms with van der Waals surface area (Å²) < 4.78 is 0.900. The van der Waals surface area contributed by atoms with Gasteiger partial charge >= 0.3 is 0 Å². The van der Waals surface area contributed by atoms with E-state index >= 15 is 0 Å². The first-order valence-corrected chi connectivity index (χ1v) is 4.03. The monoisotopic (exact) mass is 223 g/mol. The third-order valence-corrected chi connectivity index (χ3v) is 1.77. The molecule has 1 rings (SSSR count). The molecule has 0 heterocycles. The van der Waals surface area contributed by atoms with Crippen molar-refractivity contribution < 1.29 is 4.79 Å². The van der Waals surface area contributed by atoms with Gasteiger partial charge in [-0.3, -0.25) is 4.79 Å². The molecule has 3 heteroatoms. The zero-order valence-electron chi connectivity index (χ0n) is 6.17. The van der Waals surface area contributed by atoms with Gasteiger partial charge in [0, 0.05) is 15.7 Å². The summed E-state index contributed by atoms with van der Waals surface area (Å²) in [6.07, 6.45) is 0.543. The fourth-order valence-corrected chi connectivity index (χ4v) is 1.13. The van der Waals surface area contributed by atoms with Crippen molar-refractivity contribution in [2.45, 2.75) is 0 Å². The highest BCUT2D eigenvalue weighted by atomic mass is 79.9. The number of hydrogen-bond donors (Lipinski definition) is 1. The van der Waals surface area contributed by atoms with E-state index in [-0.39, 0.29) is 0 Å². The van der Waals surface area contributed by atoms with E-state index in [2.05, 4.69) is 27.8 Å². The molecular formula is C9H6BrNO. The molecule has 2 nitrogen and oxygen atoms in total. The second kappa shape index (κ2) is 3.93. The Labute approximate surface area is 78.9 Å². The Morgan fingerprint density at radius 2 is 2.25 bits per heavy atom. The van der Waals surface area contributed by atoms with Gasteiger partial charge in [0.2, 0.25) is 0 Å². The van der Waals surface area contributed by atoms with Gasteiger partial charge < -0.3 is 5.73 Å². The molecule has 1 aromatic carbocycles. The first-order valence-electron chi connectivity index (χ1n) is 3.24. The maximum atomic E-state index is 9.93. The minimum absolute atomic E-state index is 0.543. The largest absolute Gasteiger partial charge is 0.398 e. The number of carbonyl (C=O) groups is 1. The van der Waals surface area contributed by atoms with Gasteiger partial charge in [0.25, 0.3) is 0 Å². The van der Waals surface area contributed by atoms with Crippen molar-refractivity contribution in [2.75, 3.05) is 5.73 Å². The summed E-state index contributed by atoms with van der Waals surface area (Å²) in [5.74, 6) is 4.92. The van der Waals surface area contributed by atoms with Gasteiger partial charge in [-0.2, -0.15) is 0 Å². The number of halogens is 1. The predicted octanol–water partition coefficient (Wildman–Crippen LogP) is 1.58. The van der Waals surface area contributed by atoms with E-state index in [9.17, 15) is 4.79 Å². The quantitative estimate of drug-likeness (QED) is 0.413. The second-order valence-corrected chi connectivity index (χ2v) is 3.03. The van der Waals surface area contributed by atoms with Gasteiger partial charge in [-0.25, -0.2) is 0 Å². The van der Waals surface area contributed by atoms with E-state index in [0.29, 0.717) is 17.5 Å². The van der Waals surface area contributed by atoms with E-state index in [4.69, 9.17) is 5.73 Å².